The van der Waals surface area contributed by atoms with Crippen LogP contribution in [0.3, 0.4) is 0 Å². The maximum absolute atomic E-state index is 4.69. The van der Waals surface area contributed by atoms with Gasteiger partial charge in [-0.15, -0.1) is 18.3 Å². The summed E-state index contributed by atoms with van der Waals surface area (Å²) in [5.41, 5.74) is 13.8. The molecule has 0 aromatic heterocycles. The number of hydrogen-bond acceptors (Lipinski definition) is 0. The van der Waals surface area contributed by atoms with E-state index in [1.165, 1.54) is 82.4 Å². The Hall–Kier alpha value is -5.40. The zero-order valence-electron chi connectivity index (χ0n) is 25.9. The van der Waals surface area contributed by atoms with Crippen molar-refractivity contribution in [2.45, 2.75) is 20.8 Å². The van der Waals surface area contributed by atoms with Crippen LogP contribution in [0.25, 0.3) is 76.7 Å². The van der Waals surface area contributed by atoms with Crippen LogP contribution in [0, 0.1) is 20.8 Å². The lowest BCUT2D eigenvalue weighted by Gasteiger charge is -2.26. The molecular formula is C44H34N-. The first-order chi connectivity index (χ1) is 22.1. The van der Waals surface area contributed by atoms with E-state index in [4.69, 9.17) is 0 Å². The second kappa shape index (κ2) is 10.9. The summed E-state index contributed by atoms with van der Waals surface area (Å²) in [5.74, 6) is 0. The summed E-state index contributed by atoms with van der Waals surface area (Å²) in [6, 6.07) is 45.0. The fourth-order valence-electron chi connectivity index (χ4n) is 7.50. The van der Waals surface area contributed by atoms with Crippen molar-refractivity contribution in [3.63, 3.8) is 0 Å². The van der Waals surface area contributed by atoms with Gasteiger partial charge in [-0.05, 0) is 103 Å². The van der Waals surface area contributed by atoms with Gasteiger partial charge in [-0.2, -0.15) is 0 Å². The Morgan fingerprint density at radius 2 is 0.956 bits per heavy atom. The molecule has 0 saturated carbocycles. The molecule has 0 amide bonds. The highest BCUT2D eigenvalue weighted by atomic mass is 14.9. The lowest BCUT2D eigenvalue weighted by atomic mass is 9.83. The fourth-order valence-corrected chi connectivity index (χ4v) is 7.50. The predicted octanol–water partition coefficient (Wildman–Crippen LogP) is 12.4. The minimum absolute atomic E-state index is 0.740. The van der Waals surface area contributed by atoms with E-state index in [2.05, 4.69) is 166 Å². The molecule has 7 aromatic rings. The van der Waals surface area contributed by atoms with Gasteiger partial charge in [0, 0.05) is 0 Å². The number of aryl methyl sites for hydroxylation is 3. The van der Waals surface area contributed by atoms with Crippen LogP contribution in [0.1, 0.15) is 22.3 Å². The minimum atomic E-state index is 0.740. The fraction of sp³-hybridized carbons (Fsp3) is 0.0909. The normalized spacial score (nSPS) is 12.9. The smallest absolute Gasteiger partial charge is 0.00201 e. The summed E-state index contributed by atoms with van der Waals surface area (Å²) >= 11 is 0. The van der Waals surface area contributed by atoms with Crippen LogP contribution in [0.2, 0.25) is 0 Å². The number of benzene rings is 7. The summed E-state index contributed by atoms with van der Waals surface area (Å²) in [6.45, 7) is 7.40. The highest BCUT2D eigenvalue weighted by Gasteiger charge is 2.19. The van der Waals surface area contributed by atoms with Gasteiger partial charge in [0.15, 0.2) is 0 Å². The molecule has 0 saturated heterocycles. The van der Waals surface area contributed by atoms with E-state index in [1.54, 1.807) is 0 Å². The van der Waals surface area contributed by atoms with Gasteiger partial charge in [0.1, 0.15) is 0 Å². The van der Waals surface area contributed by atoms with E-state index in [9.17, 15) is 0 Å². The van der Waals surface area contributed by atoms with E-state index >= 15 is 0 Å². The van der Waals surface area contributed by atoms with Crippen molar-refractivity contribution >= 4 is 38.0 Å². The van der Waals surface area contributed by atoms with Crippen molar-refractivity contribution in [2.75, 3.05) is 6.54 Å². The molecule has 7 aromatic carbocycles. The van der Waals surface area contributed by atoms with Gasteiger partial charge in [-0.1, -0.05) is 139 Å². The Kier molecular flexibility index (Phi) is 6.61. The zero-order valence-corrected chi connectivity index (χ0v) is 25.9. The summed E-state index contributed by atoms with van der Waals surface area (Å²) in [6.07, 6.45) is 6.27. The molecular weight excluding hydrogens is 542 g/mol. The monoisotopic (exact) mass is 576 g/mol. The quantitative estimate of drug-likeness (QED) is 0.185. The number of fused-ring (bicyclic) bond motifs is 3. The van der Waals surface area contributed by atoms with E-state index in [0.29, 0.717) is 0 Å². The maximum atomic E-state index is 4.69. The van der Waals surface area contributed by atoms with E-state index in [1.807, 2.05) is 0 Å². The zero-order chi connectivity index (χ0) is 30.5. The van der Waals surface area contributed by atoms with Gasteiger partial charge < -0.3 is 5.32 Å². The Labute approximate surface area is 265 Å². The van der Waals surface area contributed by atoms with Crippen molar-refractivity contribution in [1.82, 2.24) is 0 Å². The third-order valence-electron chi connectivity index (χ3n) is 9.30. The molecule has 0 bridgehead atoms. The number of nitrogens with zero attached hydrogens (tertiary/aromatic N) is 1. The summed E-state index contributed by atoms with van der Waals surface area (Å²) in [7, 11) is 0. The second-order valence-corrected chi connectivity index (χ2v) is 12.2. The summed E-state index contributed by atoms with van der Waals surface area (Å²) < 4.78 is 0. The predicted molar refractivity (Wildman–Crippen MR) is 195 cm³/mol. The average molecular weight is 577 g/mol. The molecule has 1 aliphatic rings. The Morgan fingerprint density at radius 3 is 1.49 bits per heavy atom. The van der Waals surface area contributed by atoms with Crippen LogP contribution < -0.4 is 0 Å². The first-order valence-corrected chi connectivity index (χ1v) is 15.8. The molecule has 1 nitrogen and oxygen atoms in total. The van der Waals surface area contributed by atoms with Gasteiger partial charge in [-0.3, -0.25) is 0 Å². The van der Waals surface area contributed by atoms with Gasteiger partial charge in [0.25, 0.3) is 0 Å². The Bertz CT molecular complexity index is 2250. The first-order valence-electron chi connectivity index (χ1n) is 15.8. The molecule has 1 heterocycles. The topological polar surface area (TPSA) is 14.1 Å². The highest BCUT2D eigenvalue weighted by Crippen LogP contribution is 2.46. The van der Waals surface area contributed by atoms with Crippen LogP contribution in [-0.4, -0.2) is 6.54 Å². The van der Waals surface area contributed by atoms with Crippen molar-refractivity contribution in [2.24, 2.45) is 0 Å². The molecule has 1 aliphatic heterocycles. The molecule has 45 heavy (non-hydrogen) atoms. The second-order valence-electron chi connectivity index (χ2n) is 12.2. The maximum Gasteiger partial charge on any atom is -0.00201 e. The molecule has 0 N–H and O–H groups in total. The Morgan fingerprint density at radius 1 is 0.467 bits per heavy atom. The van der Waals surface area contributed by atoms with Gasteiger partial charge in [0.2, 0.25) is 0 Å². The lowest BCUT2D eigenvalue weighted by Crippen LogP contribution is -1.94. The number of rotatable bonds is 4. The van der Waals surface area contributed by atoms with Crippen LogP contribution >= 0.6 is 0 Å². The van der Waals surface area contributed by atoms with Crippen molar-refractivity contribution in [3.8, 4) is 33.4 Å². The number of hydrogen-bond donors (Lipinski definition) is 0. The van der Waals surface area contributed by atoms with Gasteiger partial charge >= 0.3 is 0 Å². The van der Waals surface area contributed by atoms with Gasteiger partial charge in [0.05, 0.1) is 0 Å². The van der Waals surface area contributed by atoms with E-state index in [-0.39, 0.29) is 0 Å². The third-order valence-corrected chi connectivity index (χ3v) is 9.30. The van der Waals surface area contributed by atoms with Crippen molar-refractivity contribution in [1.29, 1.82) is 0 Å². The SMILES string of the molecule is Cc1cc(C)c(-c2cccc3c(-c4c5ccccc5c(-c5ccc(C6=CC=CC[N-]6)cc5)c5ccccc45)cccc23)c(C)c1. The van der Waals surface area contributed by atoms with Crippen LogP contribution in [0.15, 0.2) is 140 Å². The molecule has 0 unspecified atom stereocenters. The third kappa shape index (κ3) is 4.55. The first kappa shape index (κ1) is 27.2. The molecule has 8 rings (SSSR count). The minimum Gasteiger partial charge on any atom is -0.681 e. The van der Waals surface area contributed by atoms with Crippen LogP contribution in [0.5, 0.6) is 0 Å². The molecule has 0 atom stereocenters. The molecule has 0 fully saturated rings. The van der Waals surface area contributed by atoms with Crippen molar-refractivity contribution < 1.29 is 0 Å². The lowest BCUT2D eigenvalue weighted by molar-refractivity contribution is 1.32. The molecule has 0 radical (unpaired) electrons. The molecule has 1 heteroatoms. The van der Waals surface area contributed by atoms with Gasteiger partial charge in [-0.25, -0.2) is 0 Å². The Balaban J connectivity index is 1.39. The van der Waals surface area contributed by atoms with E-state index in [0.717, 1.165) is 17.8 Å². The average Bonchev–Trinajstić information content (AvgIpc) is 3.07. The van der Waals surface area contributed by atoms with Crippen molar-refractivity contribution in [3.05, 3.63) is 167 Å². The van der Waals surface area contributed by atoms with Crippen LogP contribution in [0.4, 0.5) is 0 Å². The van der Waals surface area contributed by atoms with Crippen LogP contribution in [-0.2, 0) is 0 Å². The molecule has 0 aliphatic carbocycles. The molecule has 216 valence electrons. The summed E-state index contributed by atoms with van der Waals surface area (Å²) in [5, 5.41) is 12.3. The molecule has 0 spiro atoms. The van der Waals surface area contributed by atoms with E-state index < -0.39 is 0 Å². The largest absolute Gasteiger partial charge is 0.681 e. The standard InChI is InChI=1S/C44H34N/c1-28-26-29(2)42(30(3)27-28)35-18-10-17-34-33(35)16-11-19-36(34)44-39-14-6-4-12-37(39)43(38-13-5-7-15-40(38)44)32-23-21-31(22-24-32)41-20-8-9-25-45-41/h4-24,26-27H,25H2,1-3H3/q-1. The number of allylic oxidation sites excluding steroid dienone is 2. The highest BCUT2D eigenvalue weighted by molar-refractivity contribution is 6.24. The summed E-state index contributed by atoms with van der Waals surface area (Å²) in [4.78, 5) is 0.